The van der Waals surface area contributed by atoms with Gasteiger partial charge in [-0.1, -0.05) is 121 Å². The number of aromatic nitrogens is 1. The Morgan fingerprint density at radius 2 is 1.06 bits per heavy atom. The molecule has 0 N–H and O–H groups in total. The Labute approximate surface area is 283 Å². The molecule has 49 heavy (non-hydrogen) atoms. The van der Waals surface area contributed by atoms with Gasteiger partial charge in [0.2, 0.25) is 0 Å². The number of rotatable bonds is 5. The Kier molecular flexibility index (Phi) is 6.18. The highest BCUT2D eigenvalue weighted by Gasteiger charge is 2.22. The Bertz CT molecular complexity index is 2810. The second-order valence-corrected chi connectivity index (χ2v) is 12.6. The van der Waals surface area contributed by atoms with Crippen molar-refractivity contribution in [2.24, 2.45) is 0 Å². The number of benzene rings is 8. The molecule has 2 aromatic heterocycles. The second kappa shape index (κ2) is 11.0. The number of hydrogen-bond acceptors (Lipinski definition) is 2. The Morgan fingerprint density at radius 3 is 1.88 bits per heavy atom. The molecule has 230 valence electrons. The van der Waals surface area contributed by atoms with E-state index in [1.54, 1.807) is 0 Å². The first kappa shape index (κ1) is 27.5. The van der Waals surface area contributed by atoms with Crippen LogP contribution in [-0.2, 0) is 0 Å². The molecule has 8 aromatic carbocycles. The van der Waals surface area contributed by atoms with Crippen molar-refractivity contribution in [1.29, 1.82) is 0 Å². The average Bonchev–Trinajstić information content (AvgIpc) is 3.71. The molecule has 0 amide bonds. The molecule has 0 fully saturated rings. The highest BCUT2D eigenvalue weighted by molar-refractivity contribution is 6.18. The molecule has 0 saturated heterocycles. The third-order valence-electron chi connectivity index (χ3n) is 9.75. The van der Waals surface area contributed by atoms with E-state index in [1.807, 2.05) is 0 Å². The van der Waals surface area contributed by atoms with Gasteiger partial charge in [-0.3, -0.25) is 0 Å². The van der Waals surface area contributed by atoms with Crippen molar-refractivity contribution in [3.8, 4) is 16.8 Å². The lowest BCUT2D eigenvalue weighted by Gasteiger charge is -2.26. The van der Waals surface area contributed by atoms with Crippen LogP contribution < -0.4 is 4.90 Å². The molecule has 2 heterocycles. The third kappa shape index (κ3) is 4.37. The summed E-state index contributed by atoms with van der Waals surface area (Å²) in [5, 5.41) is 7.08. The molecule has 10 rings (SSSR count). The van der Waals surface area contributed by atoms with Crippen LogP contribution >= 0.6 is 0 Å². The van der Waals surface area contributed by atoms with Crippen molar-refractivity contribution in [2.45, 2.75) is 0 Å². The summed E-state index contributed by atoms with van der Waals surface area (Å²) in [7, 11) is 0. The van der Waals surface area contributed by atoms with Crippen molar-refractivity contribution in [3.05, 3.63) is 182 Å². The summed E-state index contributed by atoms with van der Waals surface area (Å²) in [4.78, 5) is 2.34. The van der Waals surface area contributed by atoms with Crippen LogP contribution in [0.5, 0.6) is 0 Å². The molecule has 0 aliphatic rings. The van der Waals surface area contributed by atoms with Crippen LogP contribution in [0.15, 0.2) is 186 Å². The van der Waals surface area contributed by atoms with Crippen molar-refractivity contribution in [3.63, 3.8) is 0 Å². The number of nitrogens with zero attached hydrogens (tertiary/aromatic N) is 2. The molecule has 0 aliphatic carbocycles. The molecule has 10 aromatic rings. The standard InChI is InChI=1S/C46H30N2O/c1-3-13-31(14-4-1)32-25-27-36(28-26-32)47(35-17-5-2-6-18-35)41-22-12-24-44-45(41)38-20-11-23-42(46(38)49-44)48-40-21-10-9-19-37(40)39-29-33-15-7-8-16-34(33)30-43(39)48/h1-30H. The van der Waals surface area contributed by atoms with Gasteiger partial charge in [-0.05, 0) is 82.6 Å². The van der Waals surface area contributed by atoms with Crippen LogP contribution in [0.2, 0.25) is 0 Å². The zero-order chi connectivity index (χ0) is 32.3. The Balaban J connectivity index is 1.22. The van der Waals surface area contributed by atoms with Crippen LogP contribution in [0, 0.1) is 0 Å². The molecular weight excluding hydrogens is 597 g/mol. The zero-order valence-electron chi connectivity index (χ0n) is 26.6. The summed E-state index contributed by atoms with van der Waals surface area (Å²) in [6.45, 7) is 0. The summed E-state index contributed by atoms with van der Waals surface area (Å²) in [6.07, 6.45) is 0. The predicted octanol–water partition coefficient (Wildman–Crippen LogP) is 13.0. The maximum atomic E-state index is 6.88. The van der Waals surface area contributed by atoms with E-state index in [-0.39, 0.29) is 0 Å². The normalized spacial score (nSPS) is 11.7. The van der Waals surface area contributed by atoms with Gasteiger partial charge in [0.1, 0.15) is 5.58 Å². The summed E-state index contributed by atoms with van der Waals surface area (Å²) in [5.74, 6) is 0. The van der Waals surface area contributed by atoms with E-state index in [0.717, 1.165) is 55.7 Å². The quantitative estimate of drug-likeness (QED) is 0.190. The van der Waals surface area contributed by atoms with Gasteiger partial charge in [0.25, 0.3) is 0 Å². The van der Waals surface area contributed by atoms with Gasteiger partial charge in [0.15, 0.2) is 5.58 Å². The van der Waals surface area contributed by atoms with E-state index in [4.69, 9.17) is 4.42 Å². The van der Waals surface area contributed by atoms with Gasteiger partial charge in [-0.15, -0.1) is 0 Å². The molecular formula is C46H30N2O. The second-order valence-electron chi connectivity index (χ2n) is 12.6. The van der Waals surface area contributed by atoms with Crippen molar-refractivity contribution >= 4 is 71.6 Å². The van der Waals surface area contributed by atoms with Crippen molar-refractivity contribution < 1.29 is 4.42 Å². The van der Waals surface area contributed by atoms with E-state index < -0.39 is 0 Å². The van der Waals surface area contributed by atoms with Crippen LogP contribution in [0.4, 0.5) is 17.1 Å². The van der Waals surface area contributed by atoms with Crippen LogP contribution in [-0.4, -0.2) is 4.57 Å². The average molecular weight is 627 g/mol. The van der Waals surface area contributed by atoms with Gasteiger partial charge in [0.05, 0.1) is 27.8 Å². The van der Waals surface area contributed by atoms with E-state index in [9.17, 15) is 0 Å². The van der Waals surface area contributed by atoms with E-state index >= 15 is 0 Å². The molecule has 0 atom stereocenters. The highest BCUT2D eigenvalue weighted by atomic mass is 16.3. The Morgan fingerprint density at radius 1 is 0.429 bits per heavy atom. The summed E-state index contributed by atoms with van der Waals surface area (Å²) in [5.41, 5.74) is 10.7. The minimum absolute atomic E-state index is 0.855. The van der Waals surface area contributed by atoms with Crippen molar-refractivity contribution in [1.82, 2.24) is 4.57 Å². The molecule has 0 bridgehead atoms. The number of para-hydroxylation sites is 3. The monoisotopic (exact) mass is 626 g/mol. The third-order valence-corrected chi connectivity index (χ3v) is 9.75. The molecule has 3 nitrogen and oxygen atoms in total. The first-order chi connectivity index (χ1) is 24.3. The maximum Gasteiger partial charge on any atom is 0.159 e. The minimum atomic E-state index is 0.855. The summed E-state index contributed by atoms with van der Waals surface area (Å²) >= 11 is 0. The van der Waals surface area contributed by atoms with Gasteiger partial charge in [0, 0.05) is 27.5 Å². The number of anilines is 3. The first-order valence-electron chi connectivity index (χ1n) is 16.7. The van der Waals surface area contributed by atoms with Gasteiger partial charge in [-0.25, -0.2) is 0 Å². The first-order valence-corrected chi connectivity index (χ1v) is 16.7. The van der Waals surface area contributed by atoms with Crippen molar-refractivity contribution in [2.75, 3.05) is 4.90 Å². The highest BCUT2D eigenvalue weighted by Crippen LogP contribution is 2.45. The fourth-order valence-electron chi connectivity index (χ4n) is 7.53. The molecule has 0 radical (unpaired) electrons. The lowest BCUT2D eigenvalue weighted by Crippen LogP contribution is -2.10. The topological polar surface area (TPSA) is 21.3 Å². The molecule has 0 saturated carbocycles. The maximum absolute atomic E-state index is 6.88. The molecule has 3 heteroatoms. The zero-order valence-corrected chi connectivity index (χ0v) is 26.6. The fourth-order valence-corrected chi connectivity index (χ4v) is 7.53. The summed E-state index contributed by atoms with van der Waals surface area (Å²) in [6, 6.07) is 64.8. The largest absolute Gasteiger partial charge is 0.454 e. The lowest BCUT2D eigenvalue weighted by molar-refractivity contribution is 0.666. The van der Waals surface area contributed by atoms with E-state index in [0.29, 0.717) is 0 Å². The predicted molar refractivity (Wildman–Crippen MR) is 206 cm³/mol. The van der Waals surface area contributed by atoms with Gasteiger partial charge >= 0.3 is 0 Å². The lowest BCUT2D eigenvalue weighted by atomic mass is 10.0. The number of hydrogen-bond donors (Lipinski definition) is 0. The van der Waals surface area contributed by atoms with Gasteiger partial charge in [-0.2, -0.15) is 0 Å². The number of fused-ring (bicyclic) bond motifs is 7. The smallest absolute Gasteiger partial charge is 0.159 e. The van der Waals surface area contributed by atoms with Crippen LogP contribution in [0.25, 0.3) is 71.3 Å². The molecule has 0 aliphatic heterocycles. The minimum Gasteiger partial charge on any atom is -0.454 e. The fraction of sp³-hybridized carbons (Fsp3) is 0. The number of furan rings is 1. The van der Waals surface area contributed by atoms with Crippen LogP contribution in [0.1, 0.15) is 0 Å². The van der Waals surface area contributed by atoms with E-state index in [2.05, 4.69) is 191 Å². The Hall–Kier alpha value is -6.58. The molecule has 0 spiro atoms. The van der Waals surface area contributed by atoms with Crippen LogP contribution in [0.3, 0.4) is 0 Å². The summed E-state index contributed by atoms with van der Waals surface area (Å²) < 4.78 is 9.26. The SMILES string of the molecule is c1ccc(-c2ccc(N(c3ccccc3)c3cccc4oc5c(-n6c7ccccc7c7cc8ccccc8cc76)cccc5c34)cc2)cc1. The van der Waals surface area contributed by atoms with E-state index in [1.165, 1.54) is 32.7 Å². The molecule has 0 unspecified atom stereocenters. The van der Waals surface area contributed by atoms with Gasteiger partial charge < -0.3 is 13.9 Å².